The number of hydrogen-bond acceptors (Lipinski definition) is 4. The minimum Gasteiger partial charge on any atom is -0.360 e. The Morgan fingerprint density at radius 2 is 2.58 bits per heavy atom. The van der Waals surface area contributed by atoms with E-state index < -0.39 is 0 Å². The van der Waals surface area contributed by atoms with E-state index in [0.29, 0.717) is 4.83 Å². The molecule has 1 aromatic heterocycles. The van der Waals surface area contributed by atoms with E-state index in [-0.39, 0.29) is 0 Å². The molecule has 0 saturated heterocycles. The molecule has 0 aliphatic heterocycles. The maximum atomic E-state index is 4.02. The Morgan fingerprint density at radius 1 is 1.75 bits per heavy atom. The molecular weight excluding hydrogens is 238 g/mol. The maximum Gasteiger partial charge on any atom is 0.202 e. The fourth-order valence-corrected chi connectivity index (χ4v) is 1.47. The lowest BCUT2D eigenvalue weighted by Crippen LogP contribution is -2.07. The van der Waals surface area contributed by atoms with Crippen LogP contribution in [0.3, 0.4) is 0 Å². The topological polar surface area (TPSA) is 37.8 Å². The SMILES string of the molecule is CCC(Br)CCNc1ncns1. The van der Waals surface area contributed by atoms with Crippen molar-refractivity contribution in [1.29, 1.82) is 0 Å². The van der Waals surface area contributed by atoms with Crippen molar-refractivity contribution < 1.29 is 0 Å². The molecule has 0 aromatic carbocycles. The second-order valence-electron chi connectivity index (χ2n) is 2.47. The lowest BCUT2D eigenvalue weighted by molar-refractivity contribution is 0.774. The van der Waals surface area contributed by atoms with Gasteiger partial charge in [-0.15, -0.1) is 0 Å². The highest BCUT2D eigenvalue weighted by atomic mass is 79.9. The monoisotopic (exact) mass is 249 g/mol. The van der Waals surface area contributed by atoms with Gasteiger partial charge in [0.05, 0.1) is 0 Å². The summed E-state index contributed by atoms with van der Waals surface area (Å²) in [6.07, 6.45) is 3.85. The number of anilines is 1. The Labute approximate surface area is 84.9 Å². The van der Waals surface area contributed by atoms with Crippen LogP contribution in [0.4, 0.5) is 5.13 Å². The van der Waals surface area contributed by atoms with E-state index in [9.17, 15) is 0 Å². The Balaban J connectivity index is 2.11. The third-order valence-corrected chi connectivity index (χ3v) is 3.27. The fraction of sp³-hybridized carbons (Fsp3) is 0.714. The largest absolute Gasteiger partial charge is 0.360 e. The number of alkyl halides is 1. The van der Waals surface area contributed by atoms with Gasteiger partial charge in [0.25, 0.3) is 0 Å². The molecule has 1 aromatic rings. The van der Waals surface area contributed by atoms with Crippen molar-refractivity contribution in [3.63, 3.8) is 0 Å². The van der Waals surface area contributed by atoms with E-state index >= 15 is 0 Å². The first-order chi connectivity index (χ1) is 5.83. The van der Waals surface area contributed by atoms with Crippen LogP contribution in [0.1, 0.15) is 19.8 Å². The highest BCUT2D eigenvalue weighted by Gasteiger charge is 2.00. The predicted molar refractivity (Wildman–Crippen MR) is 56.0 cm³/mol. The van der Waals surface area contributed by atoms with Crippen molar-refractivity contribution in [2.45, 2.75) is 24.6 Å². The number of halogens is 1. The van der Waals surface area contributed by atoms with E-state index in [1.165, 1.54) is 11.5 Å². The molecule has 68 valence electrons. The van der Waals surface area contributed by atoms with E-state index in [2.05, 4.69) is 37.5 Å². The van der Waals surface area contributed by atoms with Gasteiger partial charge in [-0.1, -0.05) is 22.9 Å². The lowest BCUT2D eigenvalue weighted by Gasteiger charge is -2.05. The zero-order chi connectivity index (χ0) is 8.81. The minimum absolute atomic E-state index is 0.609. The van der Waals surface area contributed by atoms with Gasteiger partial charge in [0.1, 0.15) is 6.33 Å². The van der Waals surface area contributed by atoms with Crippen molar-refractivity contribution in [1.82, 2.24) is 9.36 Å². The summed E-state index contributed by atoms with van der Waals surface area (Å²) in [5.41, 5.74) is 0. The second kappa shape index (κ2) is 5.48. The zero-order valence-corrected chi connectivity index (χ0v) is 9.36. The summed E-state index contributed by atoms with van der Waals surface area (Å²) in [5.74, 6) is 0. The quantitative estimate of drug-likeness (QED) is 0.816. The lowest BCUT2D eigenvalue weighted by atomic mass is 10.2. The molecule has 1 atom stereocenters. The van der Waals surface area contributed by atoms with Gasteiger partial charge in [0.2, 0.25) is 5.13 Å². The average molecular weight is 250 g/mol. The number of aromatic nitrogens is 2. The smallest absolute Gasteiger partial charge is 0.202 e. The van der Waals surface area contributed by atoms with Crippen LogP contribution in [-0.4, -0.2) is 20.7 Å². The van der Waals surface area contributed by atoms with E-state index in [1.54, 1.807) is 6.33 Å². The molecule has 0 aliphatic carbocycles. The Bertz CT molecular complexity index is 202. The van der Waals surface area contributed by atoms with E-state index in [4.69, 9.17) is 0 Å². The third kappa shape index (κ3) is 3.49. The summed E-state index contributed by atoms with van der Waals surface area (Å²) in [7, 11) is 0. The number of nitrogens with zero attached hydrogens (tertiary/aromatic N) is 2. The third-order valence-electron chi connectivity index (χ3n) is 1.54. The van der Waals surface area contributed by atoms with Gasteiger partial charge < -0.3 is 5.32 Å². The molecule has 0 amide bonds. The van der Waals surface area contributed by atoms with Crippen LogP contribution in [0.15, 0.2) is 6.33 Å². The summed E-state index contributed by atoms with van der Waals surface area (Å²) < 4.78 is 3.90. The fourth-order valence-electron chi connectivity index (χ4n) is 0.791. The van der Waals surface area contributed by atoms with Crippen molar-refractivity contribution >= 4 is 32.6 Å². The molecule has 0 spiro atoms. The standard InChI is InChI=1S/C7H12BrN3S/c1-2-6(8)3-4-9-7-10-5-11-12-7/h5-6H,2-4H2,1H3,(H,9,10,11). The molecule has 5 heteroatoms. The maximum absolute atomic E-state index is 4.02. The summed E-state index contributed by atoms with van der Waals surface area (Å²) in [6.45, 7) is 3.13. The predicted octanol–water partition coefficient (Wildman–Crippen LogP) is 2.51. The van der Waals surface area contributed by atoms with Gasteiger partial charge in [-0.2, -0.15) is 4.37 Å². The molecule has 0 bridgehead atoms. The molecular formula is C7H12BrN3S. The molecule has 0 saturated carbocycles. The van der Waals surface area contributed by atoms with Crippen LogP contribution in [0.5, 0.6) is 0 Å². The van der Waals surface area contributed by atoms with Crippen LogP contribution in [0, 0.1) is 0 Å². The van der Waals surface area contributed by atoms with Crippen LogP contribution in [0.2, 0.25) is 0 Å². The first kappa shape index (κ1) is 9.92. The molecule has 0 radical (unpaired) electrons. The molecule has 0 aliphatic rings. The van der Waals surface area contributed by atoms with Crippen molar-refractivity contribution in [3.8, 4) is 0 Å². The van der Waals surface area contributed by atoms with E-state index in [1.807, 2.05) is 0 Å². The summed E-state index contributed by atoms with van der Waals surface area (Å²) in [4.78, 5) is 4.63. The molecule has 1 unspecified atom stereocenters. The number of hydrogen-bond donors (Lipinski definition) is 1. The minimum atomic E-state index is 0.609. The van der Waals surface area contributed by atoms with Crippen molar-refractivity contribution in [2.24, 2.45) is 0 Å². The van der Waals surface area contributed by atoms with Crippen LogP contribution < -0.4 is 5.32 Å². The Hall–Kier alpha value is -0.160. The van der Waals surface area contributed by atoms with Gasteiger partial charge in [0, 0.05) is 22.9 Å². The molecule has 1 rings (SSSR count). The zero-order valence-electron chi connectivity index (χ0n) is 6.96. The highest BCUT2D eigenvalue weighted by molar-refractivity contribution is 9.09. The highest BCUT2D eigenvalue weighted by Crippen LogP contribution is 2.11. The van der Waals surface area contributed by atoms with Gasteiger partial charge in [-0.3, -0.25) is 0 Å². The molecule has 0 fully saturated rings. The molecule has 12 heavy (non-hydrogen) atoms. The van der Waals surface area contributed by atoms with Gasteiger partial charge in [-0.25, -0.2) is 4.98 Å². The Morgan fingerprint density at radius 3 is 3.17 bits per heavy atom. The molecule has 1 heterocycles. The van der Waals surface area contributed by atoms with Crippen LogP contribution in [0.25, 0.3) is 0 Å². The first-order valence-corrected chi connectivity index (χ1v) is 5.66. The van der Waals surface area contributed by atoms with Gasteiger partial charge in [-0.05, 0) is 12.8 Å². The van der Waals surface area contributed by atoms with Crippen LogP contribution >= 0.6 is 27.5 Å². The molecule has 1 N–H and O–H groups in total. The van der Waals surface area contributed by atoms with Crippen molar-refractivity contribution in [2.75, 3.05) is 11.9 Å². The molecule has 3 nitrogen and oxygen atoms in total. The first-order valence-electron chi connectivity index (χ1n) is 3.97. The van der Waals surface area contributed by atoms with Gasteiger partial charge in [0.15, 0.2) is 0 Å². The number of rotatable bonds is 5. The Kier molecular flexibility index (Phi) is 4.53. The normalized spacial score (nSPS) is 12.8. The average Bonchev–Trinajstić information content (AvgIpc) is 2.57. The summed E-state index contributed by atoms with van der Waals surface area (Å²) in [6, 6.07) is 0. The summed E-state index contributed by atoms with van der Waals surface area (Å²) >= 11 is 4.96. The van der Waals surface area contributed by atoms with Crippen molar-refractivity contribution in [3.05, 3.63) is 6.33 Å². The second-order valence-corrected chi connectivity index (χ2v) is 4.54. The van der Waals surface area contributed by atoms with Crippen LogP contribution in [-0.2, 0) is 0 Å². The number of nitrogens with one attached hydrogen (secondary N) is 1. The van der Waals surface area contributed by atoms with E-state index in [0.717, 1.165) is 24.5 Å². The van der Waals surface area contributed by atoms with Gasteiger partial charge >= 0.3 is 0 Å². The summed E-state index contributed by atoms with van der Waals surface area (Å²) in [5, 5.41) is 4.11.